The molecule has 2 aliphatic rings. The normalized spacial score (nSPS) is 14.6. The summed E-state index contributed by atoms with van der Waals surface area (Å²) in [4.78, 5) is 11.5. The minimum absolute atomic E-state index is 0.214. The van der Waals surface area contributed by atoms with Crippen molar-refractivity contribution in [2.24, 2.45) is 0 Å². The van der Waals surface area contributed by atoms with Crippen molar-refractivity contribution in [2.45, 2.75) is 38.5 Å². The molecule has 0 atom stereocenters. The highest BCUT2D eigenvalue weighted by molar-refractivity contribution is 7.26. The van der Waals surface area contributed by atoms with Crippen molar-refractivity contribution in [1.29, 1.82) is 0 Å². The number of thiophene rings is 1. The minimum atomic E-state index is -0.248. The van der Waals surface area contributed by atoms with Gasteiger partial charge >= 0.3 is 0 Å². The molecule has 3 heterocycles. The van der Waals surface area contributed by atoms with Crippen molar-refractivity contribution < 1.29 is 0 Å². The van der Waals surface area contributed by atoms with E-state index in [4.69, 9.17) is 9.97 Å². The van der Waals surface area contributed by atoms with Crippen LogP contribution in [-0.2, 0) is 10.8 Å². The average molecular weight is 747 g/mol. The molecule has 7 aromatic carbocycles. The molecular formula is C54H38N2S. The number of pyridine rings is 2. The van der Waals surface area contributed by atoms with Crippen LogP contribution in [-0.4, -0.2) is 9.97 Å². The van der Waals surface area contributed by atoms with Gasteiger partial charge in [0.1, 0.15) is 0 Å². The highest BCUT2D eigenvalue weighted by Gasteiger charge is 2.42. The lowest BCUT2D eigenvalue weighted by molar-refractivity contribution is 0.660. The average Bonchev–Trinajstić information content (AvgIpc) is 3.84. The van der Waals surface area contributed by atoms with E-state index in [1.54, 1.807) is 0 Å². The van der Waals surface area contributed by atoms with Crippen molar-refractivity contribution in [3.8, 4) is 55.9 Å². The summed E-state index contributed by atoms with van der Waals surface area (Å²) in [6.45, 7) is 9.44. The number of hydrogen-bond donors (Lipinski definition) is 0. The Morgan fingerprint density at radius 3 is 1.47 bits per heavy atom. The summed E-state index contributed by atoms with van der Waals surface area (Å²) in [7, 11) is 0. The standard InChI is InChI=1S/C54H38N2S/c1-53(2)41-22-11-8-18-37(41)44-39-29-30-40-45-38-19-9-12-23-42(38)54(3,4)47(45)49(56-51(40)50(39)55-48(46(44)53)32-15-6-5-7-16-32)33-27-25-31(26-28-33)34-20-14-21-36-35-17-10-13-24-43(35)57-52(34)36/h5-30H,1-4H3. The van der Waals surface area contributed by atoms with Gasteiger partial charge in [-0.3, -0.25) is 0 Å². The first-order chi connectivity index (χ1) is 27.8. The van der Waals surface area contributed by atoms with Crippen molar-refractivity contribution in [3.05, 3.63) is 180 Å². The van der Waals surface area contributed by atoms with Gasteiger partial charge in [-0.25, -0.2) is 9.97 Å². The Bertz CT molecular complexity index is 3330. The predicted molar refractivity (Wildman–Crippen MR) is 241 cm³/mol. The van der Waals surface area contributed by atoms with Crippen LogP contribution >= 0.6 is 11.3 Å². The number of benzene rings is 7. The fraction of sp³-hybridized carbons (Fsp3) is 0.111. The molecule has 0 bridgehead atoms. The highest BCUT2D eigenvalue weighted by Crippen LogP contribution is 2.57. The third-order valence-corrected chi connectivity index (χ3v) is 14.2. The van der Waals surface area contributed by atoms with E-state index < -0.39 is 0 Å². The first kappa shape index (κ1) is 32.8. The summed E-state index contributed by atoms with van der Waals surface area (Å²) in [5.74, 6) is 0. The zero-order chi connectivity index (χ0) is 38.2. The van der Waals surface area contributed by atoms with Gasteiger partial charge in [-0.1, -0.05) is 179 Å². The molecule has 3 aromatic heterocycles. The Labute approximate surface area is 336 Å². The molecule has 3 heteroatoms. The quantitative estimate of drug-likeness (QED) is 0.168. The molecule has 0 spiro atoms. The Morgan fingerprint density at radius 1 is 0.386 bits per heavy atom. The van der Waals surface area contributed by atoms with Crippen LogP contribution in [0.3, 0.4) is 0 Å². The third kappa shape index (κ3) is 4.41. The van der Waals surface area contributed by atoms with Gasteiger partial charge in [0.2, 0.25) is 0 Å². The largest absolute Gasteiger partial charge is 0.245 e. The second-order valence-corrected chi connectivity index (χ2v) is 17.9. The van der Waals surface area contributed by atoms with Crippen LogP contribution < -0.4 is 0 Å². The molecule has 270 valence electrons. The van der Waals surface area contributed by atoms with Gasteiger partial charge in [0.15, 0.2) is 0 Å². The Kier molecular flexibility index (Phi) is 6.65. The minimum Gasteiger partial charge on any atom is -0.245 e. The zero-order valence-electron chi connectivity index (χ0n) is 32.3. The molecule has 0 unspecified atom stereocenters. The van der Waals surface area contributed by atoms with Gasteiger partial charge in [0, 0.05) is 52.9 Å². The van der Waals surface area contributed by atoms with Gasteiger partial charge in [0.25, 0.3) is 0 Å². The SMILES string of the molecule is CC1(C)c2ccccc2-c2c1c(-c1ccccc1)nc1c2ccc2c3c(c(-c4ccc(-c5cccc6c5sc5ccccc56)cc4)nc21)C(C)(C)c1ccccc1-3. The van der Waals surface area contributed by atoms with Crippen LogP contribution in [0.25, 0.3) is 97.9 Å². The second-order valence-electron chi connectivity index (χ2n) is 16.8. The topological polar surface area (TPSA) is 25.8 Å². The molecule has 0 saturated carbocycles. The van der Waals surface area contributed by atoms with Gasteiger partial charge in [0.05, 0.1) is 22.4 Å². The van der Waals surface area contributed by atoms with E-state index in [1.807, 2.05) is 11.3 Å². The van der Waals surface area contributed by atoms with Gasteiger partial charge in [-0.2, -0.15) is 0 Å². The van der Waals surface area contributed by atoms with Gasteiger partial charge < -0.3 is 0 Å². The fourth-order valence-corrected chi connectivity index (χ4v) is 11.6. The van der Waals surface area contributed by atoms with Crippen LogP contribution in [0.4, 0.5) is 0 Å². The lowest BCUT2D eigenvalue weighted by Crippen LogP contribution is -2.17. The monoisotopic (exact) mass is 746 g/mol. The van der Waals surface area contributed by atoms with E-state index in [9.17, 15) is 0 Å². The zero-order valence-corrected chi connectivity index (χ0v) is 33.1. The number of fused-ring (bicyclic) bond motifs is 14. The molecule has 0 N–H and O–H groups in total. The van der Waals surface area contributed by atoms with Crippen LogP contribution in [0.2, 0.25) is 0 Å². The lowest BCUT2D eigenvalue weighted by atomic mass is 9.79. The second kappa shape index (κ2) is 11.6. The van der Waals surface area contributed by atoms with Crippen LogP contribution in [0.1, 0.15) is 49.9 Å². The first-order valence-corrected chi connectivity index (χ1v) is 20.7. The Balaban J connectivity index is 1.16. The molecule has 0 radical (unpaired) electrons. The van der Waals surface area contributed by atoms with Crippen molar-refractivity contribution in [3.63, 3.8) is 0 Å². The van der Waals surface area contributed by atoms with E-state index in [0.29, 0.717) is 0 Å². The molecule has 0 amide bonds. The smallest absolute Gasteiger partial charge is 0.0979 e. The van der Waals surface area contributed by atoms with Crippen molar-refractivity contribution >= 4 is 53.3 Å². The van der Waals surface area contributed by atoms with E-state index in [2.05, 4.69) is 185 Å². The number of nitrogens with zero attached hydrogens (tertiary/aromatic N) is 2. The molecular weight excluding hydrogens is 709 g/mol. The maximum atomic E-state index is 5.80. The van der Waals surface area contributed by atoms with Crippen molar-refractivity contribution in [2.75, 3.05) is 0 Å². The number of rotatable bonds is 3. The molecule has 0 saturated heterocycles. The van der Waals surface area contributed by atoms with Crippen LogP contribution in [0, 0.1) is 0 Å². The number of aromatic nitrogens is 2. The van der Waals surface area contributed by atoms with Gasteiger partial charge in [-0.15, -0.1) is 11.3 Å². The molecule has 2 nitrogen and oxygen atoms in total. The summed E-state index contributed by atoms with van der Waals surface area (Å²) in [6.07, 6.45) is 0. The maximum Gasteiger partial charge on any atom is 0.0979 e. The highest BCUT2D eigenvalue weighted by atomic mass is 32.1. The summed E-state index contributed by atoms with van der Waals surface area (Å²) in [5.41, 5.74) is 18.6. The summed E-state index contributed by atoms with van der Waals surface area (Å²) in [5, 5.41) is 4.95. The van der Waals surface area contributed by atoms with Crippen LogP contribution in [0.15, 0.2) is 158 Å². The molecule has 10 aromatic rings. The van der Waals surface area contributed by atoms with Crippen LogP contribution in [0.5, 0.6) is 0 Å². The Hall–Kier alpha value is -6.42. The summed E-state index contributed by atoms with van der Waals surface area (Å²) >= 11 is 1.88. The molecule has 0 aliphatic heterocycles. The molecule has 0 fully saturated rings. The maximum absolute atomic E-state index is 5.80. The predicted octanol–water partition coefficient (Wildman–Crippen LogP) is 14.8. The van der Waals surface area contributed by atoms with E-state index in [1.165, 1.54) is 75.8 Å². The first-order valence-electron chi connectivity index (χ1n) is 19.9. The Morgan fingerprint density at radius 2 is 0.860 bits per heavy atom. The summed E-state index contributed by atoms with van der Waals surface area (Å²) in [6, 6.07) is 57.9. The molecule has 57 heavy (non-hydrogen) atoms. The van der Waals surface area contributed by atoms with Gasteiger partial charge in [-0.05, 0) is 61.7 Å². The summed E-state index contributed by atoms with van der Waals surface area (Å²) < 4.78 is 2.65. The van der Waals surface area contributed by atoms with E-state index >= 15 is 0 Å². The van der Waals surface area contributed by atoms with Crippen molar-refractivity contribution in [1.82, 2.24) is 9.97 Å². The lowest BCUT2D eigenvalue weighted by Gasteiger charge is -2.26. The fourth-order valence-electron chi connectivity index (χ4n) is 10.4. The van der Waals surface area contributed by atoms with E-state index in [-0.39, 0.29) is 10.8 Å². The van der Waals surface area contributed by atoms with E-state index in [0.717, 1.165) is 44.3 Å². The molecule has 2 aliphatic carbocycles. The molecule has 12 rings (SSSR count). The third-order valence-electron chi connectivity index (χ3n) is 13.0. The number of hydrogen-bond acceptors (Lipinski definition) is 3.